The normalized spacial score (nSPS) is 20.5. The van der Waals surface area contributed by atoms with Crippen molar-refractivity contribution in [3.05, 3.63) is 35.9 Å². The van der Waals surface area contributed by atoms with E-state index in [1.807, 2.05) is 44.2 Å². The average molecular weight is 417 g/mol. The van der Waals surface area contributed by atoms with Crippen molar-refractivity contribution in [1.82, 2.24) is 20.4 Å². The van der Waals surface area contributed by atoms with Crippen LogP contribution in [0.3, 0.4) is 0 Å². The first-order chi connectivity index (χ1) is 14.1. The number of hydrogen-bond acceptors (Lipinski definition) is 4. The number of nitrogens with one attached hydrogen (secondary N) is 2. The second kappa shape index (κ2) is 9.73. The fraction of sp³-hybridized carbons (Fsp3) is 0.545. The maximum atomic E-state index is 13.0. The summed E-state index contributed by atoms with van der Waals surface area (Å²) in [7, 11) is 1.62. The van der Waals surface area contributed by atoms with E-state index in [2.05, 4.69) is 10.6 Å². The number of imide groups is 1. The van der Waals surface area contributed by atoms with Gasteiger partial charge in [0.2, 0.25) is 11.8 Å². The van der Waals surface area contributed by atoms with Crippen molar-refractivity contribution < 1.29 is 19.2 Å². The van der Waals surface area contributed by atoms with Crippen molar-refractivity contribution >= 4 is 23.8 Å². The van der Waals surface area contributed by atoms with Crippen LogP contribution in [0, 0.1) is 5.92 Å². The van der Waals surface area contributed by atoms with E-state index in [-0.39, 0.29) is 30.8 Å². The Hall–Kier alpha value is -2.90. The molecular weight excluding hydrogens is 384 g/mol. The molecule has 1 aliphatic rings. The van der Waals surface area contributed by atoms with Crippen molar-refractivity contribution in [3.63, 3.8) is 0 Å². The molecular formula is C22H32N4O4. The first-order valence-electron chi connectivity index (χ1n) is 10.4. The van der Waals surface area contributed by atoms with Gasteiger partial charge in [-0.05, 0) is 25.3 Å². The number of amides is 5. The number of hydrogen-bond donors (Lipinski definition) is 2. The summed E-state index contributed by atoms with van der Waals surface area (Å²) in [5.41, 5.74) is -0.132. The van der Waals surface area contributed by atoms with Crippen LogP contribution >= 0.6 is 0 Å². The topological polar surface area (TPSA) is 98.8 Å². The third-order valence-electron chi connectivity index (χ3n) is 5.92. The molecule has 2 rings (SSSR count). The zero-order valence-electron chi connectivity index (χ0n) is 18.4. The van der Waals surface area contributed by atoms with E-state index in [0.717, 1.165) is 16.9 Å². The molecule has 0 spiro atoms. The molecule has 1 saturated heterocycles. The average Bonchev–Trinajstić information content (AvgIpc) is 2.97. The van der Waals surface area contributed by atoms with Gasteiger partial charge in [-0.3, -0.25) is 19.3 Å². The van der Waals surface area contributed by atoms with Crippen LogP contribution in [-0.4, -0.2) is 59.2 Å². The Balaban J connectivity index is 2.16. The number of benzene rings is 1. The Labute approximate surface area is 178 Å². The molecule has 8 heteroatoms. The molecule has 8 nitrogen and oxygen atoms in total. The fourth-order valence-electron chi connectivity index (χ4n) is 3.26. The third-order valence-corrected chi connectivity index (χ3v) is 5.92. The summed E-state index contributed by atoms with van der Waals surface area (Å²) in [4.78, 5) is 52.5. The number of carbonyl (C=O) groups is 4. The predicted molar refractivity (Wildman–Crippen MR) is 113 cm³/mol. The molecule has 5 amide bonds. The zero-order valence-corrected chi connectivity index (χ0v) is 18.4. The lowest BCUT2D eigenvalue weighted by Crippen LogP contribution is -2.47. The van der Waals surface area contributed by atoms with Gasteiger partial charge < -0.3 is 15.5 Å². The first-order valence-corrected chi connectivity index (χ1v) is 10.4. The van der Waals surface area contributed by atoms with Crippen LogP contribution < -0.4 is 10.6 Å². The van der Waals surface area contributed by atoms with Gasteiger partial charge in [-0.2, -0.15) is 0 Å². The van der Waals surface area contributed by atoms with Gasteiger partial charge in [0.05, 0.1) is 6.04 Å². The summed E-state index contributed by atoms with van der Waals surface area (Å²) in [5.74, 6) is -0.990. The maximum Gasteiger partial charge on any atom is 0.325 e. The molecule has 0 aliphatic carbocycles. The van der Waals surface area contributed by atoms with Crippen molar-refractivity contribution in [3.8, 4) is 0 Å². The van der Waals surface area contributed by atoms with Crippen LogP contribution in [0.2, 0.25) is 0 Å². The van der Waals surface area contributed by atoms with Gasteiger partial charge in [0, 0.05) is 19.5 Å². The summed E-state index contributed by atoms with van der Waals surface area (Å²) < 4.78 is 0. The Bertz CT molecular complexity index is 798. The third kappa shape index (κ3) is 4.98. The summed E-state index contributed by atoms with van der Waals surface area (Å²) in [6.07, 6.45) is 1.16. The van der Waals surface area contributed by atoms with Crippen LogP contribution in [0.15, 0.2) is 30.3 Å². The van der Waals surface area contributed by atoms with Crippen LogP contribution in [0.1, 0.15) is 52.1 Å². The predicted octanol–water partition coefficient (Wildman–Crippen LogP) is 2.07. The van der Waals surface area contributed by atoms with Gasteiger partial charge in [0.1, 0.15) is 12.1 Å². The number of likely N-dealkylation sites (N-methyl/N-ethyl adjacent to an activating group) is 1. The number of urea groups is 1. The highest BCUT2D eigenvalue weighted by Crippen LogP contribution is 2.23. The lowest BCUT2D eigenvalue weighted by molar-refractivity contribution is -0.139. The lowest BCUT2D eigenvalue weighted by atomic mass is 9.99. The second-order valence-electron chi connectivity index (χ2n) is 7.99. The number of carbonyl (C=O) groups excluding carboxylic acids is 4. The van der Waals surface area contributed by atoms with E-state index in [0.29, 0.717) is 6.42 Å². The summed E-state index contributed by atoms with van der Waals surface area (Å²) >= 11 is 0. The molecule has 1 aliphatic heterocycles. The van der Waals surface area contributed by atoms with E-state index < -0.39 is 23.5 Å². The van der Waals surface area contributed by atoms with E-state index in [1.54, 1.807) is 20.9 Å². The van der Waals surface area contributed by atoms with E-state index in [4.69, 9.17) is 0 Å². The highest BCUT2D eigenvalue weighted by molar-refractivity contribution is 6.08. The molecule has 1 aromatic rings. The van der Waals surface area contributed by atoms with Gasteiger partial charge in [-0.25, -0.2) is 4.79 Å². The van der Waals surface area contributed by atoms with E-state index >= 15 is 0 Å². The SMILES string of the molecule is CCC(C)C(=O)NCC(c1ccccc1)N(C)C(=O)CN1C(=O)NC(C)(CC)C1=O. The quantitative estimate of drug-likeness (QED) is 0.602. The Morgan fingerprint density at radius 3 is 2.37 bits per heavy atom. The molecule has 3 atom stereocenters. The maximum absolute atomic E-state index is 13.0. The Kier molecular flexibility index (Phi) is 7.59. The van der Waals surface area contributed by atoms with Gasteiger partial charge in [0.15, 0.2) is 0 Å². The van der Waals surface area contributed by atoms with Crippen molar-refractivity contribution in [2.24, 2.45) is 5.92 Å². The Morgan fingerprint density at radius 1 is 1.20 bits per heavy atom. The van der Waals surface area contributed by atoms with Gasteiger partial charge >= 0.3 is 6.03 Å². The molecule has 0 radical (unpaired) electrons. The molecule has 164 valence electrons. The minimum Gasteiger partial charge on any atom is -0.353 e. The molecule has 1 fully saturated rings. The first kappa shape index (κ1) is 23.4. The van der Waals surface area contributed by atoms with Crippen LogP contribution in [0.4, 0.5) is 4.79 Å². The van der Waals surface area contributed by atoms with E-state index in [1.165, 1.54) is 4.90 Å². The minimum absolute atomic E-state index is 0.0768. The van der Waals surface area contributed by atoms with Gasteiger partial charge in [0.25, 0.3) is 5.91 Å². The van der Waals surface area contributed by atoms with E-state index in [9.17, 15) is 19.2 Å². The molecule has 1 aromatic carbocycles. The van der Waals surface area contributed by atoms with Crippen molar-refractivity contribution in [2.45, 2.75) is 52.1 Å². The molecule has 30 heavy (non-hydrogen) atoms. The number of nitrogens with zero attached hydrogens (tertiary/aromatic N) is 2. The van der Waals surface area contributed by atoms with Gasteiger partial charge in [-0.1, -0.05) is 51.1 Å². The monoisotopic (exact) mass is 416 g/mol. The van der Waals surface area contributed by atoms with Crippen LogP contribution in [0.25, 0.3) is 0 Å². The minimum atomic E-state index is -0.987. The second-order valence-corrected chi connectivity index (χ2v) is 7.99. The smallest absolute Gasteiger partial charge is 0.325 e. The van der Waals surface area contributed by atoms with Crippen LogP contribution in [-0.2, 0) is 14.4 Å². The van der Waals surface area contributed by atoms with Crippen molar-refractivity contribution in [1.29, 1.82) is 0 Å². The summed E-state index contributed by atoms with van der Waals surface area (Å²) in [6.45, 7) is 7.14. The molecule has 0 aromatic heterocycles. The standard InChI is InChI=1S/C22H32N4O4/c1-6-15(3)19(28)23-13-17(16-11-9-8-10-12-16)25(5)18(27)14-26-20(29)22(4,7-2)24-21(26)30/h8-12,15,17H,6-7,13-14H2,1-5H3,(H,23,28)(H,24,30). The zero-order chi connectivity index (χ0) is 22.5. The largest absolute Gasteiger partial charge is 0.353 e. The molecule has 2 N–H and O–H groups in total. The fourth-order valence-corrected chi connectivity index (χ4v) is 3.26. The molecule has 0 bridgehead atoms. The van der Waals surface area contributed by atoms with Crippen molar-refractivity contribution in [2.75, 3.05) is 20.1 Å². The van der Waals surface area contributed by atoms with Gasteiger partial charge in [-0.15, -0.1) is 0 Å². The lowest BCUT2D eigenvalue weighted by Gasteiger charge is -2.30. The summed E-state index contributed by atoms with van der Waals surface area (Å²) in [6, 6.07) is 8.37. The Morgan fingerprint density at radius 2 is 1.83 bits per heavy atom. The highest BCUT2D eigenvalue weighted by Gasteiger charge is 2.47. The highest BCUT2D eigenvalue weighted by atomic mass is 16.2. The summed E-state index contributed by atoms with van der Waals surface area (Å²) in [5, 5.41) is 5.56. The molecule has 3 unspecified atom stereocenters. The molecule has 0 saturated carbocycles. The number of rotatable bonds is 9. The molecule has 1 heterocycles. The van der Waals surface area contributed by atoms with Crippen LogP contribution in [0.5, 0.6) is 0 Å².